The molecule has 28 heavy (non-hydrogen) atoms. The summed E-state index contributed by atoms with van der Waals surface area (Å²) in [6, 6.07) is 15.8. The molecule has 1 aliphatic carbocycles. The predicted molar refractivity (Wildman–Crippen MR) is 107 cm³/mol. The molecule has 3 aromatic rings. The number of carbonyl (C=O) groups is 1. The van der Waals surface area contributed by atoms with Crippen LogP contribution in [0, 0.1) is 5.92 Å². The van der Waals surface area contributed by atoms with Crippen molar-refractivity contribution in [2.75, 3.05) is 6.54 Å². The van der Waals surface area contributed by atoms with Crippen molar-refractivity contribution >= 4 is 11.6 Å². The second kappa shape index (κ2) is 6.74. The molecule has 0 bridgehead atoms. The van der Waals surface area contributed by atoms with Crippen molar-refractivity contribution in [1.29, 1.82) is 0 Å². The number of carbonyl (C=O) groups excluding carboxylic acids is 1. The minimum absolute atomic E-state index is 0.0179. The van der Waals surface area contributed by atoms with Crippen LogP contribution in [0.15, 0.2) is 60.9 Å². The van der Waals surface area contributed by atoms with Crippen LogP contribution >= 0.6 is 0 Å². The molecule has 0 unspecified atom stereocenters. The molecular weight excluding hydrogens is 350 g/mol. The van der Waals surface area contributed by atoms with E-state index in [0.717, 1.165) is 36.9 Å². The molecule has 0 spiro atoms. The fraction of sp³-hybridized carbons (Fsp3) is 0.391. The number of piperidine rings is 1. The van der Waals surface area contributed by atoms with E-state index in [1.54, 1.807) is 0 Å². The van der Waals surface area contributed by atoms with Gasteiger partial charge in [0.25, 0.3) is 5.91 Å². The maximum Gasteiger partial charge on any atom is 0.274 e. The third-order valence-electron chi connectivity index (χ3n) is 6.59. The first-order valence-electron chi connectivity index (χ1n) is 10.2. The minimum atomic E-state index is -0.859. The van der Waals surface area contributed by atoms with Crippen molar-refractivity contribution < 1.29 is 9.90 Å². The van der Waals surface area contributed by atoms with Crippen LogP contribution in [-0.2, 0) is 5.60 Å². The van der Waals surface area contributed by atoms with Crippen molar-refractivity contribution in [3.8, 4) is 0 Å². The van der Waals surface area contributed by atoms with Crippen LogP contribution < -0.4 is 0 Å². The summed E-state index contributed by atoms with van der Waals surface area (Å²) in [5.41, 5.74) is 1.39. The molecule has 5 rings (SSSR count). The average Bonchev–Trinajstić information content (AvgIpc) is 3.19. The summed E-state index contributed by atoms with van der Waals surface area (Å²) >= 11 is 0. The molecule has 3 atom stereocenters. The quantitative estimate of drug-likeness (QED) is 0.744. The fourth-order valence-electron chi connectivity index (χ4n) is 5.21. The first-order valence-corrected chi connectivity index (χ1v) is 10.2. The highest BCUT2D eigenvalue weighted by molar-refractivity contribution is 5.93. The van der Waals surface area contributed by atoms with Crippen molar-refractivity contribution in [1.82, 2.24) is 14.3 Å². The number of nitrogens with zero attached hydrogens (tertiary/aromatic N) is 3. The molecule has 2 aliphatic rings. The number of hydrogen-bond acceptors (Lipinski definition) is 3. The van der Waals surface area contributed by atoms with E-state index >= 15 is 0 Å². The van der Waals surface area contributed by atoms with E-state index in [9.17, 15) is 9.90 Å². The number of aromatic nitrogens is 2. The van der Waals surface area contributed by atoms with Crippen LogP contribution in [0.5, 0.6) is 0 Å². The van der Waals surface area contributed by atoms with Crippen molar-refractivity contribution in [2.24, 2.45) is 5.92 Å². The summed E-state index contributed by atoms with van der Waals surface area (Å²) in [5.74, 6) is 0.0501. The maximum absolute atomic E-state index is 13.3. The SMILES string of the molecule is O=C(c1cn2ccccc2n1)N1CC[C@](O)(c2ccccc2)[C@H]2CCCC[C@H]21. The van der Waals surface area contributed by atoms with E-state index in [2.05, 4.69) is 4.98 Å². The van der Waals surface area contributed by atoms with Gasteiger partial charge in [0.15, 0.2) is 0 Å². The monoisotopic (exact) mass is 375 g/mol. The molecule has 1 saturated heterocycles. The van der Waals surface area contributed by atoms with Crippen LogP contribution in [0.3, 0.4) is 0 Å². The number of fused-ring (bicyclic) bond motifs is 2. The highest BCUT2D eigenvalue weighted by atomic mass is 16.3. The molecule has 1 amide bonds. The Morgan fingerprint density at radius 1 is 1.07 bits per heavy atom. The number of amides is 1. The van der Waals surface area contributed by atoms with Gasteiger partial charge in [-0.2, -0.15) is 0 Å². The first-order chi connectivity index (χ1) is 13.7. The van der Waals surface area contributed by atoms with Crippen LogP contribution in [0.1, 0.15) is 48.2 Å². The highest BCUT2D eigenvalue weighted by Crippen LogP contribution is 2.47. The Hall–Kier alpha value is -2.66. The van der Waals surface area contributed by atoms with Gasteiger partial charge in [0, 0.05) is 30.9 Å². The molecule has 1 saturated carbocycles. The summed E-state index contributed by atoms with van der Waals surface area (Å²) in [4.78, 5) is 19.8. The van der Waals surface area contributed by atoms with Gasteiger partial charge in [-0.3, -0.25) is 4.79 Å². The van der Waals surface area contributed by atoms with E-state index in [4.69, 9.17) is 0 Å². The number of pyridine rings is 1. The summed E-state index contributed by atoms with van der Waals surface area (Å²) < 4.78 is 1.88. The van der Waals surface area contributed by atoms with E-state index in [0.29, 0.717) is 18.7 Å². The second-order valence-electron chi connectivity index (χ2n) is 8.09. The minimum Gasteiger partial charge on any atom is -0.385 e. The molecular formula is C23H25N3O2. The topological polar surface area (TPSA) is 57.8 Å². The van der Waals surface area contributed by atoms with Gasteiger partial charge in [-0.05, 0) is 37.0 Å². The second-order valence-corrected chi connectivity index (χ2v) is 8.09. The zero-order valence-electron chi connectivity index (χ0n) is 15.9. The molecule has 144 valence electrons. The molecule has 5 nitrogen and oxygen atoms in total. The van der Waals surface area contributed by atoms with Crippen molar-refractivity contribution in [3.63, 3.8) is 0 Å². The Bertz CT molecular complexity index is 966. The van der Waals surface area contributed by atoms with Crippen LogP contribution in [0.25, 0.3) is 5.65 Å². The Kier molecular flexibility index (Phi) is 4.20. The number of rotatable bonds is 2. The zero-order valence-corrected chi connectivity index (χ0v) is 15.9. The van der Waals surface area contributed by atoms with E-state index in [-0.39, 0.29) is 17.9 Å². The summed E-state index contributed by atoms with van der Waals surface area (Å²) in [7, 11) is 0. The summed E-state index contributed by atoms with van der Waals surface area (Å²) in [6.07, 6.45) is 8.38. The van der Waals surface area contributed by atoms with Crippen molar-refractivity contribution in [3.05, 3.63) is 72.2 Å². The predicted octanol–water partition coefficient (Wildman–Crippen LogP) is 3.63. The van der Waals surface area contributed by atoms with E-state index in [1.165, 1.54) is 0 Å². The lowest BCUT2D eigenvalue weighted by molar-refractivity contribution is -0.110. The van der Waals surface area contributed by atoms with Gasteiger partial charge >= 0.3 is 0 Å². The van der Waals surface area contributed by atoms with Gasteiger partial charge in [0.2, 0.25) is 0 Å². The standard InChI is InChI=1S/C23H25N3O2/c27-22(19-16-25-14-7-6-12-21(25)24-19)26-15-13-23(28,17-8-2-1-3-9-17)18-10-4-5-11-20(18)26/h1-3,6-9,12,14,16,18,20,28H,4-5,10-11,13,15H2/t18-,20+,23-/m0/s1. The third-order valence-corrected chi connectivity index (χ3v) is 6.59. The lowest BCUT2D eigenvalue weighted by Crippen LogP contribution is -2.59. The summed E-state index contributed by atoms with van der Waals surface area (Å²) in [6.45, 7) is 0.555. The molecule has 1 aromatic carbocycles. The average molecular weight is 375 g/mol. The maximum atomic E-state index is 13.3. The summed E-state index contributed by atoms with van der Waals surface area (Å²) in [5, 5.41) is 11.7. The fourth-order valence-corrected chi connectivity index (χ4v) is 5.21. The third kappa shape index (κ3) is 2.73. The van der Waals surface area contributed by atoms with Crippen LogP contribution in [0.4, 0.5) is 0 Å². The van der Waals surface area contributed by atoms with Gasteiger partial charge in [-0.15, -0.1) is 0 Å². The van der Waals surface area contributed by atoms with Crippen LogP contribution in [-0.4, -0.2) is 37.9 Å². The Morgan fingerprint density at radius 3 is 2.68 bits per heavy atom. The van der Waals surface area contributed by atoms with Crippen LogP contribution in [0.2, 0.25) is 0 Å². The number of benzene rings is 1. The van der Waals surface area contributed by atoms with Gasteiger partial charge in [-0.25, -0.2) is 4.98 Å². The number of hydrogen-bond donors (Lipinski definition) is 1. The molecule has 0 radical (unpaired) electrons. The van der Waals surface area contributed by atoms with Gasteiger partial charge in [0.1, 0.15) is 11.3 Å². The Morgan fingerprint density at radius 2 is 1.86 bits per heavy atom. The van der Waals surface area contributed by atoms with E-state index < -0.39 is 5.60 Å². The normalized spacial score (nSPS) is 27.5. The van der Waals surface area contributed by atoms with Gasteiger partial charge < -0.3 is 14.4 Å². The molecule has 1 aliphatic heterocycles. The Labute approximate surface area is 164 Å². The lowest BCUT2D eigenvalue weighted by atomic mass is 9.66. The molecule has 5 heteroatoms. The molecule has 2 aromatic heterocycles. The number of aliphatic hydroxyl groups is 1. The van der Waals surface area contributed by atoms with E-state index in [1.807, 2.05) is 70.2 Å². The van der Waals surface area contributed by atoms with Gasteiger partial charge in [-0.1, -0.05) is 49.2 Å². The highest BCUT2D eigenvalue weighted by Gasteiger charge is 2.50. The lowest BCUT2D eigenvalue weighted by Gasteiger charge is -2.52. The first kappa shape index (κ1) is 17.4. The Balaban J connectivity index is 1.48. The van der Waals surface area contributed by atoms with Gasteiger partial charge in [0.05, 0.1) is 5.60 Å². The molecule has 1 N–H and O–H groups in total. The largest absolute Gasteiger partial charge is 0.385 e. The molecule has 2 fully saturated rings. The smallest absolute Gasteiger partial charge is 0.274 e. The zero-order chi connectivity index (χ0) is 19.1. The van der Waals surface area contributed by atoms with Crippen molar-refractivity contribution in [2.45, 2.75) is 43.7 Å². The molecule has 3 heterocycles. The number of likely N-dealkylation sites (tertiary alicyclic amines) is 1. The number of imidazole rings is 1.